The lowest BCUT2D eigenvalue weighted by Crippen LogP contribution is -1.98. The molecule has 2 nitrogen and oxygen atoms in total. The normalized spacial score (nSPS) is 13.0. The number of aliphatic hydroxyl groups excluding tert-OH is 1. The van der Waals surface area contributed by atoms with Gasteiger partial charge in [-0.15, -0.1) is 22.7 Å². The van der Waals surface area contributed by atoms with Gasteiger partial charge in [-0.05, 0) is 23.9 Å². The van der Waals surface area contributed by atoms with Crippen molar-refractivity contribution < 1.29 is 9.50 Å². The summed E-state index contributed by atoms with van der Waals surface area (Å²) in [6.45, 7) is 1.92. The van der Waals surface area contributed by atoms with Crippen molar-refractivity contribution in [1.29, 1.82) is 0 Å². The van der Waals surface area contributed by atoms with Crippen molar-refractivity contribution in [1.82, 2.24) is 4.98 Å². The SMILES string of the molecule is Cc1csc(-c2sccc2[CH]C(O)F)n1. The average molecular weight is 242 g/mol. The van der Waals surface area contributed by atoms with E-state index in [0.29, 0.717) is 5.56 Å². The van der Waals surface area contributed by atoms with Crippen molar-refractivity contribution in [2.45, 2.75) is 13.3 Å². The van der Waals surface area contributed by atoms with E-state index in [1.54, 1.807) is 6.07 Å². The molecule has 0 aromatic carbocycles. The first-order valence-corrected chi connectivity index (χ1v) is 6.10. The van der Waals surface area contributed by atoms with E-state index in [1.807, 2.05) is 17.7 Å². The van der Waals surface area contributed by atoms with Crippen LogP contribution in [0.2, 0.25) is 0 Å². The fraction of sp³-hybridized carbons (Fsp3) is 0.200. The minimum Gasteiger partial charge on any atom is -0.364 e. The minimum absolute atomic E-state index is 0.698. The Balaban J connectivity index is 2.32. The van der Waals surface area contributed by atoms with Gasteiger partial charge >= 0.3 is 0 Å². The molecule has 0 fully saturated rings. The molecule has 0 bridgehead atoms. The minimum atomic E-state index is -1.92. The molecule has 2 rings (SSSR count). The number of rotatable bonds is 3. The van der Waals surface area contributed by atoms with E-state index < -0.39 is 6.36 Å². The third kappa shape index (κ3) is 2.42. The van der Waals surface area contributed by atoms with Crippen LogP contribution in [-0.2, 0) is 0 Å². The fourth-order valence-corrected chi connectivity index (χ4v) is 3.05. The van der Waals surface area contributed by atoms with Gasteiger partial charge in [0.05, 0.1) is 11.3 Å². The number of thiophene rings is 1. The second-order valence-electron chi connectivity index (χ2n) is 3.04. The zero-order chi connectivity index (χ0) is 10.8. The average Bonchev–Trinajstić information content (AvgIpc) is 2.72. The molecule has 0 saturated heterocycles. The van der Waals surface area contributed by atoms with Crippen molar-refractivity contribution in [2.24, 2.45) is 0 Å². The van der Waals surface area contributed by atoms with E-state index in [-0.39, 0.29) is 0 Å². The summed E-state index contributed by atoms with van der Waals surface area (Å²) in [6.07, 6.45) is -0.734. The van der Waals surface area contributed by atoms with Crippen LogP contribution < -0.4 is 0 Å². The lowest BCUT2D eigenvalue weighted by Gasteiger charge is -2.00. The Morgan fingerprint density at radius 3 is 2.93 bits per heavy atom. The third-order valence-corrected chi connectivity index (χ3v) is 3.87. The van der Waals surface area contributed by atoms with Crippen LogP contribution in [0, 0.1) is 13.3 Å². The van der Waals surface area contributed by atoms with E-state index in [1.165, 1.54) is 29.1 Å². The molecule has 1 atom stereocenters. The summed E-state index contributed by atoms with van der Waals surface area (Å²) in [7, 11) is 0. The van der Waals surface area contributed by atoms with Crippen molar-refractivity contribution in [3.63, 3.8) is 0 Å². The van der Waals surface area contributed by atoms with Crippen molar-refractivity contribution in [3.8, 4) is 9.88 Å². The van der Waals surface area contributed by atoms with E-state index in [4.69, 9.17) is 5.11 Å². The number of hydrogen-bond donors (Lipinski definition) is 1. The number of halogens is 1. The number of nitrogens with zero attached hydrogens (tertiary/aromatic N) is 1. The van der Waals surface area contributed by atoms with Crippen LogP contribution in [0.1, 0.15) is 11.3 Å². The van der Waals surface area contributed by atoms with E-state index in [0.717, 1.165) is 15.6 Å². The smallest absolute Gasteiger partial charge is 0.204 e. The highest BCUT2D eigenvalue weighted by atomic mass is 32.1. The zero-order valence-electron chi connectivity index (χ0n) is 7.98. The van der Waals surface area contributed by atoms with Crippen molar-refractivity contribution in [2.75, 3.05) is 0 Å². The molecular formula is C10H9FNOS2. The van der Waals surface area contributed by atoms with Gasteiger partial charge in [0.2, 0.25) is 6.36 Å². The molecule has 0 aliphatic carbocycles. The largest absolute Gasteiger partial charge is 0.364 e. The summed E-state index contributed by atoms with van der Waals surface area (Å²) in [4.78, 5) is 5.23. The Kier molecular flexibility index (Phi) is 3.14. The Hall–Kier alpha value is -0.780. The molecule has 2 aromatic heterocycles. The van der Waals surface area contributed by atoms with E-state index >= 15 is 0 Å². The summed E-state index contributed by atoms with van der Waals surface area (Å²) in [5.74, 6) is 0. The maximum atomic E-state index is 12.5. The van der Waals surface area contributed by atoms with Gasteiger partial charge in [-0.1, -0.05) is 0 Å². The summed E-state index contributed by atoms with van der Waals surface area (Å²) >= 11 is 3.02. The second-order valence-corrected chi connectivity index (χ2v) is 4.81. The fourth-order valence-electron chi connectivity index (χ4n) is 1.23. The molecule has 0 aliphatic heterocycles. The van der Waals surface area contributed by atoms with Crippen LogP contribution >= 0.6 is 22.7 Å². The number of aromatic nitrogens is 1. The van der Waals surface area contributed by atoms with Gasteiger partial charge in [-0.2, -0.15) is 0 Å². The Morgan fingerprint density at radius 2 is 2.33 bits per heavy atom. The number of alkyl halides is 1. The third-order valence-electron chi connectivity index (χ3n) is 1.83. The molecule has 1 radical (unpaired) electrons. The number of aryl methyl sites for hydroxylation is 1. The lowest BCUT2D eigenvalue weighted by atomic mass is 10.2. The molecule has 0 spiro atoms. The summed E-state index contributed by atoms with van der Waals surface area (Å²) in [5, 5.41) is 13.3. The summed E-state index contributed by atoms with van der Waals surface area (Å²) in [6, 6.07) is 1.78. The summed E-state index contributed by atoms with van der Waals surface area (Å²) in [5.41, 5.74) is 1.65. The molecule has 2 heterocycles. The molecule has 0 saturated carbocycles. The maximum absolute atomic E-state index is 12.5. The predicted octanol–water partition coefficient (Wildman–Crippen LogP) is 3.02. The second kappa shape index (κ2) is 4.38. The van der Waals surface area contributed by atoms with Crippen molar-refractivity contribution >= 4 is 22.7 Å². The van der Waals surface area contributed by atoms with Crippen LogP contribution in [0.5, 0.6) is 0 Å². The van der Waals surface area contributed by atoms with Crippen LogP contribution in [-0.4, -0.2) is 16.4 Å². The first kappa shape index (κ1) is 10.7. The van der Waals surface area contributed by atoms with Crippen LogP contribution in [0.15, 0.2) is 16.8 Å². The highest BCUT2D eigenvalue weighted by Gasteiger charge is 2.13. The highest BCUT2D eigenvalue weighted by Crippen LogP contribution is 2.33. The van der Waals surface area contributed by atoms with Crippen LogP contribution in [0.4, 0.5) is 4.39 Å². The zero-order valence-corrected chi connectivity index (χ0v) is 9.61. The van der Waals surface area contributed by atoms with Crippen LogP contribution in [0.3, 0.4) is 0 Å². The predicted molar refractivity (Wildman–Crippen MR) is 60.7 cm³/mol. The summed E-state index contributed by atoms with van der Waals surface area (Å²) < 4.78 is 12.5. The monoisotopic (exact) mass is 242 g/mol. The topological polar surface area (TPSA) is 33.1 Å². The van der Waals surface area contributed by atoms with Gasteiger partial charge in [-0.3, -0.25) is 0 Å². The number of thiazole rings is 1. The molecular weight excluding hydrogens is 233 g/mol. The quantitative estimate of drug-likeness (QED) is 0.897. The van der Waals surface area contributed by atoms with E-state index in [9.17, 15) is 4.39 Å². The van der Waals surface area contributed by atoms with E-state index in [2.05, 4.69) is 4.98 Å². The molecule has 0 amide bonds. The Labute approximate surface area is 95.0 Å². The lowest BCUT2D eigenvalue weighted by molar-refractivity contribution is 0.0761. The highest BCUT2D eigenvalue weighted by molar-refractivity contribution is 7.20. The first-order chi connectivity index (χ1) is 7.16. The first-order valence-electron chi connectivity index (χ1n) is 4.34. The number of aliphatic hydroxyl groups is 1. The van der Waals surface area contributed by atoms with Crippen LogP contribution in [0.25, 0.3) is 9.88 Å². The molecule has 79 valence electrons. The van der Waals surface area contributed by atoms with Gasteiger partial charge in [0.1, 0.15) is 5.01 Å². The molecule has 15 heavy (non-hydrogen) atoms. The van der Waals surface area contributed by atoms with Gasteiger partial charge < -0.3 is 5.11 Å². The van der Waals surface area contributed by atoms with Crippen molar-refractivity contribution in [3.05, 3.63) is 34.5 Å². The molecule has 1 unspecified atom stereocenters. The van der Waals surface area contributed by atoms with Gasteiger partial charge in [0, 0.05) is 11.1 Å². The van der Waals surface area contributed by atoms with Gasteiger partial charge in [0.15, 0.2) is 0 Å². The van der Waals surface area contributed by atoms with Gasteiger partial charge in [0.25, 0.3) is 0 Å². The molecule has 1 N–H and O–H groups in total. The molecule has 0 aliphatic rings. The Bertz CT molecular complexity index is 450. The maximum Gasteiger partial charge on any atom is 0.204 e. The molecule has 2 aromatic rings. The number of hydrogen-bond acceptors (Lipinski definition) is 4. The van der Waals surface area contributed by atoms with Gasteiger partial charge in [-0.25, -0.2) is 9.37 Å². The molecule has 5 heteroatoms. The Morgan fingerprint density at radius 1 is 1.53 bits per heavy atom. The standard InChI is InChI=1S/C10H9FNOS2/c1-6-5-15-10(12-6)9-7(2-3-14-9)4-8(11)13/h2-5,8,13H,1H3.